The molecule has 0 radical (unpaired) electrons. The van der Waals surface area contributed by atoms with Gasteiger partial charge >= 0.3 is 5.97 Å². The largest absolute Gasteiger partial charge is 0.481 e. The van der Waals surface area contributed by atoms with Gasteiger partial charge in [0.15, 0.2) is 0 Å². The van der Waals surface area contributed by atoms with Crippen LogP contribution in [0.1, 0.15) is 53.9 Å². The molecule has 0 aromatic carbocycles. The summed E-state index contributed by atoms with van der Waals surface area (Å²) < 4.78 is 0. The van der Waals surface area contributed by atoms with E-state index in [0.29, 0.717) is 23.7 Å². The third-order valence-electron chi connectivity index (χ3n) is 2.70. The minimum atomic E-state index is -0.669. The van der Waals surface area contributed by atoms with Crippen molar-refractivity contribution in [1.29, 1.82) is 0 Å². The van der Waals surface area contributed by atoms with Gasteiger partial charge in [-0.2, -0.15) is 0 Å². The van der Waals surface area contributed by atoms with E-state index >= 15 is 0 Å². The fourth-order valence-corrected chi connectivity index (χ4v) is 2.10. The zero-order chi connectivity index (χ0) is 11.4. The lowest BCUT2D eigenvalue weighted by Gasteiger charge is -2.28. The topological polar surface area (TPSA) is 37.3 Å². The third-order valence-corrected chi connectivity index (χ3v) is 2.70. The lowest BCUT2D eigenvalue weighted by Crippen LogP contribution is -2.20. The summed E-state index contributed by atoms with van der Waals surface area (Å²) in [5.41, 5.74) is 0.297. The Hall–Kier alpha value is -0.530. The molecule has 0 aliphatic carbocycles. The predicted octanol–water partition coefficient (Wildman–Crippen LogP) is 3.56. The number of rotatable bonds is 5. The van der Waals surface area contributed by atoms with Crippen LogP contribution in [0.2, 0.25) is 0 Å². The van der Waals surface area contributed by atoms with E-state index in [1.54, 1.807) is 0 Å². The standard InChI is InChI=1S/C12H24O2/c1-6-10(7-11(13)14)9(2)8-12(3,4)5/h9-10H,6-8H2,1-5H3,(H,13,14). The molecule has 0 aromatic rings. The number of hydrogen-bond donors (Lipinski definition) is 1. The molecule has 0 aliphatic rings. The van der Waals surface area contributed by atoms with Gasteiger partial charge in [-0.3, -0.25) is 4.79 Å². The van der Waals surface area contributed by atoms with Crippen molar-refractivity contribution >= 4 is 5.97 Å². The summed E-state index contributed by atoms with van der Waals surface area (Å²) in [5, 5.41) is 8.76. The highest BCUT2D eigenvalue weighted by Gasteiger charge is 2.23. The molecular formula is C12H24O2. The first-order valence-corrected chi connectivity index (χ1v) is 5.48. The summed E-state index contributed by atoms with van der Waals surface area (Å²) in [6, 6.07) is 0. The lowest BCUT2D eigenvalue weighted by molar-refractivity contribution is -0.138. The van der Waals surface area contributed by atoms with Crippen molar-refractivity contribution in [2.24, 2.45) is 17.3 Å². The van der Waals surface area contributed by atoms with Crippen LogP contribution in [-0.2, 0) is 4.79 Å². The van der Waals surface area contributed by atoms with Gasteiger partial charge in [0.1, 0.15) is 0 Å². The van der Waals surface area contributed by atoms with Crippen LogP contribution >= 0.6 is 0 Å². The number of carboxylic acid groups (broad SMARTS) is 1. The minimum absolute atomic E-state index is 0.297. The molecule has 1 N–H and O–H groups in total. The fourth-order valence-electron chi connectivity index (χ4n) is 2.10. The molecule has 0 bridgehead atoms. The van der Waals surface area contributed by atoms with Gasteiger partial charge < -0.3 is 5.11 Å². The van der Waals surface area contributed by atoms with Crippen molar-refractivity contribution in [3.05, 3.63) is 0 Å². The maximum Gasteiger partial charge on any atom is 0.303 e. The molecular weight excluding hydrogens is 176 g/mol. The van der Waals surface area contributed by atoms with Gasteiger partial charge in [-0.1, -0.05) is 41.0 Å². The Kier molecular flexibility index (Phi) is 5.17. The summed E-state index contributed by atoms with van der Waals surface area (Å²) in [4.78, 5) is 10.6. The molecule has 0 amide bonds. The zero-order valence-electron chi connectivity index (χ0n) is 10.1. The van der Waals surface area contributed by atoms with Crippen molar-refractivity contribution in [1.82, 2.24) is 0 Å². The Labute approximate surface area is 87.7 Å². The second kappa shape index (κ2) is 5.38. The van der Waals surface area contributed by atoms with Crippen molar-refractivity contribution in [3.63, 3.8) is 0 Å². The molecule has 0 heterocycles. The maximum absolute atomic E-state index is 10.6. The van der Waals surface area contributed by atoms with Crippen LogP contribution < -0.4 is 0 Å². The van der Waals surface area contributed by atoms with Crippen LogP contribution in [0.25, 0.3) is 0 Å². The van der Waals surface area contributed by atoms with Crippen molar-refractivity contribution in [3.8, 4) is 0 Å². The van der Waals surface area contributed by atoms with Crippen molar-refractivity contribution in [2.75, 3.05) is 0 Å². The van der Waals surface area contributed by atoms with Gasteiger partial charge in [0, 0.05) is 6.42 Å². The predicted molar refractivity (Wildman–Crippen MR) is 59.3 cm³/mol. The smallest absolute Gasteiger partial charge is 0.303 e. The maximum atomic E-state index is 10.6. The number of carbonyl (C=O) groups is 1. The van der Waals surface area contributed by atoms with E-state index in [9.17, 15) is 4.79 Å². The van der Waals surface area contributed by atoms with Crippen LogP contribution in [0, 0.1) is 17.3 Å². The molecule has 2 atom stereocenters. The van der Waals surface area contributed by atoms with E-state index in [1.165, 1.54) is 0 Å². The Balaban J connectivity index is 4.17. The van der Waals surface area contributed by atoms with Gasteiger partial charge in [0.05, 0.1) is 0 Å². The average Bonchev–Trinajstić information content (AvgIpc) is 1.96. The molecule has 0 fully saturated rings. The van der Waals surface area contributed by atoms with Crippen LogP contribution in [-0.4, -0.2) is 11.1 Å². The Morgan fingerprint density at radius 2 is 1.86 bits per heavy atom. The molecule has 14 heavy (non-hydrogen) atoms. The molecule has 0 saturated carbocycles. The molecule has 0 spiro atoms. The highest BCUT2D eigenvalue weighted by molar-refractivity contribution is 5.67. The molecule has 2 nitrogen and oxygen atoms in total. The summed E-state index contributed by atoms with van der Waals surface area (Å²) in [7, 11) is 0. The van der Waals surface area contributed by atoms with E-state index < -0.39 is 5.97 Å². The molecule has 2 unspecified atom stereocenters. The Bertz CT molecular complexity index is 179. The van der Waals surface area contributed by atoms with Crippen molar-refractivity contribution < 1.29 is 9.90 Å². The molecule has 2 heteroatoms. The fraction of sp³-hybridized carbons (Fsp3) is 0.917. The van der Waals surface area contributed by atoms with Gasteiger partial charge in [-0.15, -0.1) is 0 Å². The summed E-state index contributed by atoms with van der Waals surface area (Å²) in [5.74, 6) is 0.153. The summed E-state index contributed by atoms with van der Waals surface area (Å²) >= 11 is 0. The Morgan fingerprint density at radius 3 is 2.14 bits per heavy atom. The van der Waals surface area contributed by atoms with Crippen LogP contribution in [0.3, 0.4) is 0 Å². The molecule has 0 rings (SSSR count). The highest BCUT2D eigenvalue weighted by Crippen LogP contribution is 2.31. The zero-order valence-corrected chi connectivity index (χ0v) is 10.1. The van der Waals surface area contributed by atoms with E-state index in [0.717, 1.165) is 12.8 Å². The third kappa shape index (κ3) is 6.01. The number of carboxylic acids is 1. The lowest BCUT2D eigenvalue weighted by atomic mass is 9.77. The minimum Gasteiger partial charge on any atom is -0.481 e. The van der Waals surface area contributed by atoms with E-state index in [-0.39, 0.29) is 0 Å². The molecule has 0 aliphatic heterocycles. The Morgan fingerprint density at radius 1 is 1.36 bits per heavy atom. The van der Waals surface area contributed by atoms with Crippen LogP contribution in [0.15, 0.2) is 0 Å². The van der Waals surface area contributed by atoms with E-state index in [2.05, 4.69) is 34.6 Å². The normalized spacial score (nSPS) is 16.4. The van der Waals surface area contributed by atoms with E-state index in [4.69, 9.17) is 5.11 Å². The molecule has 0 aromatic heterocycles. The van der Waals surface area contributed by atoms with Gasteiger partial charge in [-0.25, -0.2) is 0 Å². The first-order valence-electron chi connectivity index (χ1n) is 5.48. The second-order valence-corrected chi connectivity index (χ2v) is 5.51. The SMILES string of the molecule is CCC(CC(=O)O)C(C)CC(C)(C)C. The first kappa shape index (κ1) is 13.5. The second-order valence-electron chi connectivity index (χ2n) is 5.51. The number of aliphatic carboxylic acids is 1. The first-order chi connectivity index (χ1) is 6.26. The quantitative estimate of drug-likeness (QED) is 0.736. The molecule has 84 valence electrons. The molecule has 0 saturated heterocycles. The average molecular weight is 200 g/mol. The summed E-state index contributed by atoms with van der Waals surface area (Å²) in [6.45, 7) is 10.9. The summed E-state index contributed by atoms with van der Waals surface area (Å²) in [6.07, 6.45) is 2.37. The van der Waals surface area contributed by atoms with Gasteiger partial charge in [0.2, 0.25) is 0 Å². The van der Waals surface area contributed by atoms with Crippen LogP contribution in [0.4, 0.5) is 0 Å². The monoisotopic (exact) mass is 200 g/mol. The van der Waals surface area contributed by atoms with Crippen molar-refractivity contribution in [2.45, 2.75) is 53.9 Å². The van der Waals surface area contributed by atoms with Gasteiger partial charge in [0.25, 0.3) is 0 Å². The van der Waals surface area contributed by atoms with Crippen LogP contribution in [0.5, 0.6) is 0 Å². The highest BCUT2D eigenvalue weighted by atomic mass is 16.4. The number of hydrogen-bond acceptors (Lipinski definition) is 1. The van der Waals surface area contributed by atoms with E-state index in [1.807, 2.05) is 0 Å². The van der Waals surface area contributed by atoms with Gasteiger partial charge in [-0.05, 0) is 23.7 Å².